The van der Waals surface area contributed by atoms with Crippen LogP contribution in [0.2, 0.25) is 10.0 Å². The van der Waals surface area contributed by atoms with Gasteiger partial charge >= 0.3 is 6.18 Å². The molecule has 7 heteroatoms. The van der Waals surface area contributed by atoms with Crippen molar-refractivity contribution in [3.8, 4) is 11.5 Å². The van der Waals surface area contributed by atoms with Crippen molar-refractivity contribution in [2.75, 3.05) is 0 Å². The Labute approximate surface area is 128 Å². The summed E-state index contributed by atoms with van der Waals surface area (Å²) in [6.45, 7) is -0.706. The highest BCUT2D eigenvalue weighted by atomic mass is 35.5. The third-order valence-electron chi connectivity index (χ3n) is 2.68. The van der Waals surface area contributed by atoms with E-state index in [4.69, 9.17) is 33.0 Å². The summed E-state index contributed by atoms with van der Waals surface area (Å²) >= 11 is 11.6. The molecule has 2 rings (SSSR count). The third-order valence-corrected chi connectivity index (χ3v) is 3.42. The van der Waals surface area contributed by atoms with E-state index in [0.717, 1.165) is 12.1 Å². The molecular formula is C14H9Cl2F3O2. The molecule has 0 aliphatic carbocycles. The van der Waals surface area contributed by atoms with Crippen LogP contribution in [0.25, 0.3) is 0 Å². The van der Waals surface area contributed by atoms with E-state index in [2.05, 4.69) is 0 Å². The zero-order chi connectivity index (χ0) is 15.6. The third kappa shape index (κ3) is 3.81. The second-order valence-corrected chi connectivity index (χ2v) is 4.97. The molecule has 0 bridgehead atoms. The van der Waals surface area contributed by atoms with Crippen molar-refractivity contribution >= 4 is 23.2 Å². The summed E-state index contributed by atoms with van der Waals surface area (Å²) in [6.07, 6.45) is -4.57. The molecule has 2 nitrogen and oxygen atoms in total. The van der Waals surface area contributed by atoms with Gasteiger partial charge in [-0.3, -0.25) is 0 Å². The lowest BCUT2D eigenvalue weighted by Crippen LogP contribution is -2.09. The number of aliphatic hydroxyl groups is 1. The van der Waals surface area contributed by atoms with E-state index >= 15 is 0 Å². The van der Waals surface area contributed by atoms with Crippen LogP contribution in [-0.2, 0) is 12.8 Å². The van der Waals surface area contributed by atoms with Gasteiger partial charge in [0.05, 0.1) is 22.2 Å². The van der Waals surface area contributed by atoms with Crippen molar-refractivity contribution in [2.24, 2.45) is 0 Å². The van der Waals surface area contributed by atoms with Gasteiger partial charge in [0.2, 0.25) is 0 Å². The molecule has 0 atom stereocenters. The maximum absolute atomic E-state index is 12.9. The molecule has 0 aliphatic heterocycles. The van der Waals surface area contributed by atoms with Crippen LogP contribution in [0.15, 0.2) is 36.4 Å². The summed E-state index contributed by atoms with van der Waals surface area (Å²) in [5.74, 6) is 0.243. The Morgan fingerprint density at radius 1 is 0.952 bits per heavy atom. The number of aliphatic hydroxyl groups excluding tert-OH is 1. The standard InChI is InChI=1S/C14H9Cl2F3O2/c15-12-4-3-10(6-13(12)16)21-9-2-1-8(7-20)11(5-9)14(17,18)19/h1-6,20H,7H2. The molecule has 112 valence electrons. The number of hydrogen-bond acceptors (Lipinski definition) is 2. The van der Waals surface area contributed by atoms with Crippen molar-refractivity contribution < 1.29 is 23.0 Å². The van der Waals surface area contributed by atoms with Crippen LogP contribution in [0, 0.1) is 0 Å². The number of benzene rings is 2. The number of rotatable bonds is 3. The maximum atomic E-state index is 12.9. The maximum Gasteiger partial charge on any atom is 0.416 e. The molecule has 2 aromatic carbocycles. The van der Waals surface area contributed by atoms with Crippen LogP contribution in [0.5, 0.6) is 11.5 Å². The molecule has 1 N–H and O–H groups in total. The van der Waals surface area contributed by atoms with Gasteiger partial charge in [0, 0.05) is 6.07 Å². The molecule has 0 saturated heterocycles. The molecule has 0 fully saturated rings. The molecule has 0 spiro atoms. The molecule has 0 heterocycles. The van der Waals surface area contributed by atoms with Gasteiger partial charge in [-0.2, -0.15) is 13.2 Å². The first-order chi connectivity index (χ1) is 9.81. The summed E-state index contributed by atoms with van der Waals surface area (Å²) in [5.41, 5.74) is -1.16. The van der Waals surface area contributed by atoms with Gasteiger partial charge in [0.25, 0.3) is 0 Å². The van der Waals surface area contributed by atoms with Crippen molar-refractivity contribution in [3.05, 3.63) is 57.6 Å². The number of halogens is 5. The monoisotopic (exact) mass is 336 g/mol. The Bertz CT molecular complexity index is 657. The van der Waals surface area contributed by atoms with Gasteiger partial charge in [-0.25, -0.2) is 0 Å². The lowest BCUT2D eigenvalue weighted by molar-refractivity contribution is -0.138. The lowest BCUT2D eigenvalue weighted by Gasteiger charge is -2.14. The topological polar surface area (TPSA) is 29.5 Å². The molecule has 0 radical (unpaired) electrons. The zero-order valence-electron chi connectivity index (χ0n) is 10.4. The summed E-state index contributed by atoms with van der Waals surface area (Å²) in [5, 5.41) is 9.51. The highest BCUT2D eigenvalue weighted by Gasteiger charge is 2.33. The molecule has 0 aliphatic rings. The van der Waals surface area contributed by atoms with Gasteiger partial charge < -0.3 is 9.84 Å². The average molecular weight is 337 g/mol. The van der Waals surface area contributed by atoms with Gasteiger partial charge in [0.1, 0.15) is 11.5 Å². The van der Waals surface area contributed by atoms with E-state index in [9.17, 15) is 13.2 Å². The molecular weight excluding hydrogens is 328 g/mol. The van der Waals surface area contributed by atoms with Crippen molar-refractivity contribution in [2.45, 2.75) is 12.8 Å². The van der Waals surface area contributed by atoms with Gasteiger partial charge in [-0.1, -0.05) is 29.3 Å². The summed E-state index contributed by atoms with van der Waals surface area (Å²) < 4.78 is 43.9. The van der Waals surface area contributed by atoms with Crippen molar-refractivity contribution in [3.63, 3.8) is 0 Å². The van der Waals surface area contributed by atoms with Crippen LogP contribution in [0.1, 0.15) is 11.1 Å². The fourth-order valence-electron chi connectivity index (χ4n) is 1.70. The van der Waals surface area contributed by atoms with E-state index in [1.54, 1.807) is 0 Å². The Hall–Kier alpha value is -1.43. The number of alkyl halides is 3. The molecule has 21 heavy (non-hydrogen) atoms. The Morgan fingerprint density at radius 2 is 1.57 bits per heavy atom. The second-order valence-electron chi connectivity index (χ2n) is 4.15. The van der Waals surface area contributed by atoms with Crippen molar-refractivity contribution in [1.82, 2.24) is 0 Å². The van der Waals surface area contributed by atoms with Gasteiger partial charge in [-0.05, 0) is 29.8 Å². The highest BCUT2D eigenvalue weighted by Crippen LogP contribution is 2.36. The summed E-state index contributed by atoms with van der Waals surface area (Å²) in [6, 6.07) is 7.69. The smallest absolute Gasteiger partial charge is 0.416 e. The first-order valence-electron chi connectivity index (χ1n) is 5.75. The molecule has 0 unspecified atom stereocenters. The predicted octanol–water partition coefficient (Wildman–Crippen LogP) is 5.30. The zero-order valence-corrected chi connectivity index (χ0v) is 11.9. The van der Waals surface area contributed by atoms with Crippen LogP contribution in [-0.4, -0.2) is 5.11 Å². The quantitative estimate of drug-likeness (QED) is 0.824. The van der Waals surface area contributed by atoms with Gasteiger partial charge in [0.15, 0.2) is 0 Å². The highest BCUT2D eigenvalue weighted by molar-refractivity contribution is 6.42. The normalized spacial score (nSPS) is 11.5. The lowest BCUT2D eigenvalue weighted by atomic mass is 10.1. The van der Waals surface area contributed by atoms with Crippen LogP contribution in [0.3, 0.4) is 0 Å². The van der Waals surface area contributed by atoms with E-state index < -0.39 is 18.3 Å². The largest absolute Gasteiger partial charge is 0.457 e. The van der Waals surface area contributed by atoms with Crippen LogP contribution in [0.4, 0.5) is 13.2 Å². The molecule has 2 aromatic rings. The van der Waals surface area contributed by atoms with E-state index in [0.29, 0.717) is 5.02 Å². The first-order valence-corrected chi connectivity index (χ1v) is 6.50. The minimum absolute atomic E-state index is 0.0158. The fraction of sp³-hybridized carbons (Fsp3) is 0.143. The van der Waals surface area contributed by atoms with Crippen LogP contribution < -0.4 is 4.74 Å². The summed E-state index contributed by atoms with van der Waals surface area (Å²) in [4.78, 5) is 0. The van der Waals surface area contributed by atoms with E-state index in [1.165, 1.54) is 24.3 Å². The predicted molar refractivity (Wildman–Crippen MR) is 73.9 cm³/mol. The van der Waals surface area contributed by atoms with Crippen molar-refractivity contribution in [1.29, 1.82) is 0 Å². The Balaban J connectivity index is 2.34. The van der Waals surface area contributed by atoms with Gasteiger partial charge in [-0.15, -0.1) is 0 Å². The molecule has 0 amide bonds. The Morgan fingerprint density at radius 3 is 2.14 bits per heavy atom. The summed E-state index contributed by atoms with van der Waals surface area (Å²) in [7, 11) is 0. The molecule has 0 aromatic heterocycles. The number of ether oxygens (including phenoxy) is 1. The van der Waals surface area contributed by atoms with E-state index in [-0.39, 0.29) is 22.1 Å². The molecule has 0 saturated carbocycles. The average Bonchev–Trinajstić information content (AvgIpc) is 2.42. The van der Waals surface area contributed by atoms with Crippen LogP contribution >= 0.6 is 23.2 Å². The minimum Gasteiger partial charge on any atom is -0.457 e. The second kappa shape index (κ2) is 6.13. The SMILES string of the molecule is OCc1ccc(Oc2ccc(Cl)c(Cl)c2)cc1C(F)(F)F. The number of hydrogen-bond donors (Lipinski definition) is 1. The first kappa shape index (κ1) is 15.9. The fourth-order valence-corrected chi connectivity index (χ4v) is 1.99. The Kier molecular flexibility index (Phi) is 4.66. The minimum atomic E-state index is -4.57. The van der Waals surface area contributed by atoms with E-state index in [1.807, 2.05) is 0 Å².